The van der Waals surface area contributed by atoms with Gasteiger partial charge in [0.25, 0.3) is 0 Å². The molecule has 0 radical (unpaired) electrons. The average Bonchev–Trinajstić information content (AvgIpc) is 3.83. The van der Waals surface area contributed by atoms with Crippen molar-refractivity contribution in [3.63, 3.8) is 0 Å². The van der Waals surface area contributed by atoms with Gasteiger partial charge in [0.1, 0.15) is 22.5 Å². The first-order valence-electron chi connectivity index (χ1n) is 19.1. The van der Waals surface area contributed by atoms with E-state index < -0.39 is 0 Å². The van der Waals surface area contributed by atoms with E-state index in [-0.39, 0.29) is 5.92 Å². The Labute approximate surface area is 319 Å². The SMILES string of the molecule is c1ccc2c3c(cc(/C=C(/c4ccc5oc6ccccc6c5c4)C4CC=Cc5c4oc4cccc(N(c6ccccc6)c6ccccc6)c54)c2c#1)C=CCC3. The summed E-state index contributed by atoms with van der Waals surface area (Å²) in [4.78, 5) is 2.34. The van der Waals surface area contributed by atoms with Crippen LogP contribution in [-0.2, 0) is 6.42 Å². The largest absolute Gasteiger partial charge is 0.460 e. The predicted molar refractivity (Wildman–Crippen MR) is 228 cm³/mol. The maximum absolute atomic E-state index is 7.06. The Hall–Kier alpha value is -7.02. The van der Waals surface area contributed by atoms with Crippen LogP contribution in [0.4, 0.5) is 17.1 Å². The van der Waals surface area contributed by atoms with Crippen LogP contribution in [0.5, 0.6) is 0 Å². The third-order valence-electron chi connectivity index (χ3n) is 11.3. The van der Waals surface area contributed by atoms with Crippen LogP contribution in [0.25, 0.3) is 67.5 Å². The van der Waals surface area contributed by atoms with E-state index in [9.17, 15) is 0 Å². The number of aryl methyl sites for hydroxylation is 1. The van der Waals surface area contributed by atoms with Crippen LogP contribution >= 0.6 is 0 Å². The molecular weight excluding hydrogens is 671 g/mol. The Morgan fingerprint density at radius 1 is 0.673 bits per heavy atom. The van der Waals surface area contributed by atoms with E-state index >= 15 is 0 Å². The maximum Gasteiger partial charge on any atom is 0.137 e. The molecule has 0 saturated carbocycles. The van der Waals surface area contributed by atoms with E-state index in [1.54, 1.807) is 0 Å². The smallest absolute Gasteiger partial charge is 0.137 e. The van der Waals surface area contributed by atoms with Gasteiger partial charge in [0.15, 0.2) is 0 Å². The molecule has 2 heterocycles. The second kappa shape index (κ2) is 12.8. The predicted octanol–water partition coefficient (Wildman–Crippen LogP) is 14.3. The topological polar surface area (TPSA) is 29.5 Å². The minimum absolute atomic E-state index is 0.0490. The van der Waals surface area contributed by atoms with E-state index in [4.69, 9.17) is 8.83 Å². The molecule has 0 N–H and O–H groups in total. The quantitative estimate of drug-likeness (QED) is 0.161. The van der Waals surface area contributed by atoms with Gasteiger partial charge in [-0.2, -0.15) is 0 Å². The number of fused-ring (bicyclic) bond motifs is 9. The minimum Gasteiger partial charge on any atom is -0.460 e. The molecule has 260 valence electrons. The number of hydrogen-bond acceptors (Lipinski definition) is 3. The average molecular weight is 706 g/mol. The highest BCUT2D eigenvalue weighted by atomic mass is 16.3. The number of para-hydroxylation sites is 3. The lowest BCUT2D eigenvalue weighted by Crippen LogP contribution is -2.10. The van der Waals surface area contributed by atoms with Crippen molar-refractivity contribution in [3.8, 4) is 0 Å². The van der Waals surface area contributed by atoms with Crippen molar-refractivity contribution in [2.75, 3.05) is 4.90 Å². The zero-order valence-corrected chi connectivity index (χ0v) is 30.1. The van der Waals surface area contributed by atoms with Gasteiger partial charge in [-0.25, -0.2) is 0 Å². The Balaban J connectivity index is 1.15. The molecule has 0 amide bonds. The molecule has 1 atom stereocenters. The van der Waals surface area contributed by atoms with E-state index in [2.05, 4.69) is 169 Å². The molecular formula is C52H35NO2. The van der Waals surface area contributed by atoms with Gasteiger partial charge in [-0.3, -0.25) is 0 Å². The lowest BCUT2D eigenvalue weighted by Gasteiger charge is -2.26. The van der Waals surface area contributed by atoms with Crippen molar-refractivity contribution in [3.05, 3.63) is 197 Å². The summed E-state index contributed by atoms with van der Waals surface area (Å²) in [6.07, 6.45) is 14.4. The van der Waals surface area contributed by atoms with E-state index in [1.165, 1.54) is 22.1 Å². The summed E-state index contributed by atoms with van der Waals surface area (Å²) in [5.74, 6) is 0.930. The van der Waals surface area contributed by atoms with Gasteiger partial charge in [0.05, 0.1) is 11.1 Å². The summed E-state index contributed by atoms with van der Waals surface area (Å²) in [5, 5.41) is 5.68. The number of furan rings is 2. The molecule has 2 aliphatic carbocycles. The molecule has 3 heteroatoms. The lowest BCUT2D eigenvalue weighted by molar-refractivity contribution is 0.527. The first kappa shape index (κ1) is 31.5. The maximum atomic E-state index is 7.06. The van der Waals surface area contributed by atoms with Gasteiger partial charge in [0.2, 0.25) is 0 Å². The summed E-state index contributed by atoms with van der Waals surface area (Å²) in [6.45, 7) is 0. The number of allylic oxidation sites excluding steroid dienone is 3. The Bertz CT molecular complexity index is 2970. The molecule has 9 aromatic rings. The third kappa shape index (κ3) is 5.22. The highest BCUT2D eigenvalue weighted by molar-refractivity contribution is 6.08. The van der Waals surface area contributed by atoms with Crippen LogP contribution in [0, 0.1) is 12.1 Å². The van der Waals surface area contributed by atoms with Gasteiger partial charge in [-0.1, -0.05) is 103 Å². The molecule has 0 fully saturated rings. The van der Waals surface area contributed by atoms with E-state index in [0.717, 1.165) is 97.1 Å². The van der Waals surface area contributed by atoms with Crippen LogP contribution in [0.3, 0.4) is 0 Å². The first-order chi connectivity index (χ1) is 27.3. The van der Waals surface area contributed by atoms with Crippen molar-refractivity contribution in [2.24, 2.45) is 0 Å². The molecule has 0 saturated heterocycles. The van der Waals surface area contributed by atoms with Crippen molar-refractivity contribution in [2.45, 2.75) is 25.2 Å². The third-order valence-corrected chi connectivity index (χ3v) is 11.3. The highest BCUT2D eigenvalue weighted by Gasteiger charge is 2.31. The standard InChI is InChI=1S/C52H35NO2/c1-3-16-37(17-4-1)53(38-18-5-2-6-19-38)47-26-14-28-50-51(47)44-25-13-24-43(52(44)55-50)45(35-29-30-49-46(32-35)42-23-11-12-27-48(42)54-49)33-36-31-34-15-7-8-20-39(34)41-22-10-9-21-40(36)41/h1-7,10-19,22-23,25-33,43H,8,20,24H2/b45-33-. The molecule has 0 spiro atoms. The second-order valence-electron chi connectivity index (χ2n) is 14.5. The number of hydrogen-bond donors (Lipinski definition) is 0. The summed E-state index contributed by atoms with van der Waals surface area (Å²) in [7, 11) is 0. The summed E-state index contributed by atoms with van der Waals surface area (Å²) in [6, 6.07) is 55.9. The fourth-order valence-electron chi connectivity index (χ4n) is 8.85. The van der Waals surface area contributed by atoms with Crippen LogP contribution in [-0.4, -0.2) is 0 Å². The number of anilines is 3. The van der Waals surface area contributed by atoms with Crippen LogP contribution in [0.15, 0.2) is 161 Å². The van der Waals surface area contributed by atoms with Gasteiger partial charge < -0.3 is 13.7 Å². The van der Waals surface area contributed by atoms with Crippen LogP contribution in [0.2, 0.25) is 0 Å². The lowest BCUT2D eigenvalue weighted by atomic mass is 9.81. The Morgan fingerprint density at radius 2 is 1.45 bits per heavy atom. The fraction of sp³-hybridized carbons (Fsp3) is 0.0769. The second-order valence-corrected chi connectivity index (χ2v) is 14.5. The van der Waals surface area contributed by atoms with E-state index in [0.29, 0.717) is 0 Å². The number of nitrogens with zero attached hydrogens (tertiary/aromatic N) is 1. The molecule has 2 aliphatic rings. The van der Waals surface area contributed by atoms with Gasteiger partial charge in [-0.15, -0.1) is 0 Å². The zero-order chi connectivity index (χ0) is 36.3. The van der Waals surface area contributed by atoms with Crippen molar-refractivity contribution >= 4 is 84.5 Å². The first-order valence-corrected chi connectivity index (χ1v) is 19.1. The molecule has 11 rings (SSSR count). The summed E-state index contributed by atoms with van der Waals surface area (Å²) >= 11 is 0. The zero-order valence-electron chi connectivity index (χ0n) is 30.1. The molecule has 0 bridgehead atoms. The molecule has 7 aromatic carbocycles. The summed E-state index contributed by atoms with van der Waals surface area (Å²) in [5.41, 5.74) is 13.2. The Kier molecular flexibility index (Phi) is 7.35. The molecule has 2 aromatic heterocycles. The van der Waals surface area contributed by atoms with Gasteiger partial charge in [-0.05, 0) is 131 Å². The van der Waals surface area contributed by atoms with Crippen molar-refractivity contribution in [1.29, 1.82) is 0 Å². The minimum atomic E-state index is -0.0490. The van der Waals surface area contributed by atoms with Crippen LogP contribution in [0.1, 0.15) is 52.3 Å². The molecule has 55 heavy (non-hydrogen) atoms. The number of rotatable bonds is 6. The van der Waals surface area contributed by atoms with Crippen molar-refractivity contribution < 1.29 is 8.83 Å². The van der Waals surface area contributed by atoms with Gasteiger partial charge in [0, 0.05) is 39.0 Å². The van der Waals surface area contributed by atoms with E-state index in [1.807, 2.05) is 18.2 Å². The monoisotopic (exact) mass is 705 g/mol. The molecule has 1 unspecified atom stereocenters. The van der Waals surface area contributed by atoms with Gasteiger partial charge >= 0.3 is 0 Å². The normalized spacial score (nSPS) is 15.1. The Morgan fingerprint density at radius 3 is 2.31 bits per heavy atom. The number of benzene rings is 6. The molecule has 0 aliphatic heterocycles. The summed E-state index contributed by atoms with van der Waals surface area (Å²) < 4.78 is 13.4. The van der Waals surface area contributed by atoms with Crippen LogP contribution < -0.4 is 4.90 Å². The van der Waals surface area contributed by atoms with Crippen molar-refractivity contribution in [1.82, 2.24) is 0 Å². The molecule has 3 nitrogen and oxygen atoms in total. The highest BCUT2D eigenvalue weighted by Crippen LogP contribution is 2.49. The fourth-order valence-corrected chi connectivity index (χ4v) is 8.85.